The van der Waals surface area contributed by atoms with Gasteiger partial charge in [-0.25, -0.2) is 8.42 Å². The van der Waals surface area contributed by atoms with E-state index in [4.69, 9.17) is 10.9 Å². The van der Waals surface area contributed by atoms with Crippen molar-refractivity contribution in [2.75, 3.05) is 10.5 Å². The van der Waals surface area contributed by atoms with Gasteiger partial charge in [0, 0.05) is 5.56 Å². The van der Waals surface area contributed by atoms with Gasteiger partial charge in [0.05, 0.1) is 11.4 Å². The SMILES string of the molecule is CCCS(=O)(=O)Nc1ccccc1/C(N)=N/O. The molecule has 0 atom stereocenters. The van der Waals surface area contributed by atoms with E-state index < -0.39 is 10.0 Å². The summed E-state index contributed by atoms with van der Waals surface area (Å²) in [7, 11) is -3.39. The van der Waals surface area contributed by atoms with Crippen molar-refractivity contribution in [2.24, 2.45) is 10.9 Å². The molecule has 6 nitrogen and oxygen atoms in total. The number of nitrogens with two attached hydrogens (primary N) is 1. The predicted molar refractivity (Wildman–Crippen MR) is 66.7 cm³/mol. The van der Waals surface area contributed by atoms with Crippen LogP contribution < -0.4 is 10.5 Å². The summed E-state index contributed by atoms with van der Waals surface area (Å²) in [4.78, 5) is 0. The first-order valence-electron chi connectivity index (χ1n) is 5.07. The lowest BCUT2D eigenvalue weighted by molar-refractivity contribution is 0.318. The van der Waals surface area contributed by atoms with Crippen molar-refractivity contribution < 1.29 is 13.6 Å². The average molecular weight is 257 g/mol. The van der Waals surface area contributed by atoms with Gasteiger partial charge >= 0.3 is 0 Å². The van der Waals surface area contributed by atoms with Crippen LogP contribution in [-0.4, -0.2) is 25.2 Å². The van der Waals surface area contributed by atoms with Crippen LogP contribution in [0, 0.1) is 0 Å². The van der Waals surface area contributed by atoms with Crippen molar-refractivity contribution in [2.45, 2.75) is 13.3 Å². The number of nitrogens with zero attached hydrogens (tertiary/aromatic N) is 1. The molecule has 0 radical (unpaired) electrons. The van der Waals surface area contributed by atoms with Gasteiger partial charge in [0.2, 0.25) is 10.0 Å². The number of sulfonamides is 1. The average Bonchev–Trinajstić information content (AvgIpc) is 2.28. The minimum Gasteiger partial charge on any atom is -0.409 e. The smallest absolute Gasteiger partial charge is 0.232 e. The zero-order valence-electron chi connectivity index (χ0n) is 9.42. The van der Waals surface area contributed by atoms with Crippen LogP contribution in [0.25, 0.3) is 0 Å². The summed E-state index contributed by atoms with van der Waals surface area (Å²) < 4.78 is 25.6. The Balaban J connectivity index is 3.07. The van der Waals surface area contributed by atoms with Gasteiger partial charge in [-0.15, -0.1) is 0 Å². The third-order valence-electron chi connectivity index (χ3n) is 2.05. The molecule has 0 spiro atoms. The number of hydrogen-bond acceptors (Lipinski definition) is 4. The Bertz CT molecular complexity index is 511. The number of hydrogen-bond donors (Lipinski definition) is 3. The molecule has 0 bridgehead atoms. The number of nitrogens with one attached hydrogen (secondary N) is 1. The Kier molecular flexibility index (Phi) is 4.33. The third-order valence-corrected chi connectivity index (χ3v) is 3.53. The summed E-state index contributed by atoms with van der Waals surface area (Å²) in [5.41, 5.74) is 6.10. The summed E-state index contributed by atoms with van der Waals surface area (Å²) >= 11 is 0. The lowest BCUT2D eigenvalue weighted by atomic mass is 10.2. The first kappa shape index (κ1) is 13.3. The second-order valence-corrected chi connectivity index (χ2v) is 5.29. The maximum Gasteiger partial charge on any atom is 0.232 e. The Morgan fingerprint density at radius 2 is 2.12 bits per heavy atom. The molecular weight excluding hydrogens is 242 g/mol. The summed E-state index contributed by atoms with van der Waals surface area (Å²) in [6.45, 7) is 1.77. The Morgan fingerprint density at radius 1 is 1.47 bits per heavy atom. The molecule has 0 amide bonds. The molecule has 0 aromatic heterocycles. The zero-order valence-corrected chi connectivity index (χ0v) is 10.2. The van der Waals surface area contributed by atoms with Crippen LogP contribution in [0.1, 0.15) is 18.9 Å². The molecular formula is C10H15N3O3S. The topological polar surface area (TPSA) is 105 Å². The molecule has 0 saturated carbocycles. The monoisotopic (exact) mass is 257 g/mol. The van der Waals surface area contributed by atoms with Crippen LogP contribution in [0.15, 0.2) is 29.4 Å². The van der Waals surface area contributed by atoms with E-state index >= 15 is 0 Å². The number of para-hydroxylation sites is 1. The van der Waals surface area contributed by atoms with Crippen LogP contribution in [0.4, 0.5) is 5.69 Å². The van der Waals surface area contributed by atoms with Gasteiger partial charge in [0.1, 0.15) is 0 Å². The van der Waals surface area contributed by atoms with Crippen molar-refractivity contribution in [1.82, 2.24) is 0 Å². The quantitative estimate of drug-likeness (QED) is 0.316. The second kappa shape index (κ2) is 5.53. The van der Waals surface area contributed by atoms with Crippen molar-refractivity contribution in [3.8, 4) is 0 Å². The largest absolute Gasteiger partial charge is 0.409 e. The standard InChI is InChI=1S/C10H15N3O3S/c1-2-7-17(15,16)13-9-6-4-3-5-8(9)10(11)12-14/h3-6,13-14H,2,7H2,1H3,(H2,11,12). The van der Waals surface area contributed by atoms with Gasteiger partial charge < -0.3 is 10.9 Å². The van der Waals surface area contributed by atoms with Gasteiger partial charge in [0.25, 0.3) is 0 Å². The van der Waals surface area contributed by atoms with E-state index in [1.807, 2.05) is 0 Å². The number of anilines is 1. The molecule has 94 valence electrons. The van der Waals surface area contributed by atoms with E-state index in [-0.39, 0.29) is 11.6 Å². The van der Waals surface area contributed by atoms with Gasteiger partial charge in [-0.05, 0) is 18.6 Å². The minimum atomic E-state index is -3.39. The Labute approximate surface area is 100 Å². The maximum atomic E-state index is 11.6. The Morgan fingerprint density at radius 3 is 2.71 bits per heavy atom. The van der Waals surface area contributed by atoms with Crippen molar-refractivity contribution in [3.63, 3.8) is 0 Å². The number of benzene rings is 1. The molecule has 0 aliphatic heterocycles. The van der Waals surface area contributed by atoms with Gasteiger partial charge in [-0.3, -0.25) is 4.72 Å². The highest BCUT2D eigenvalue weighted by Gasteiger charge is 2.13. The highest BCUT2D eigenvalue weighted by Crippen LogP contribution is 2.16. The van der Waals surface area contributed by atoms with Crippen LogP contribution >= 0.6 is 0 Å². The number of oxime groups is 1. The first-order chi connectivity index (χ1) is 8.00. The zero-order chi connectivity index (χ0) is 12.9. The van der Waals surface area contributed by atoms with Crippen molar-refractivity contribution in [3.05, 3.63) is 29.8 Å². The molecule has 0 heterocycles. The summed E-state index contributed by atoms with van der Waals surface area (Å²) in [5, 5.41) is 11.5. The van der Waals surface area contributed by atoms with Crippen LogP contribution in [0.5, 0.6) is 0 Å². The fraction of sp³-hybridized carbons (Fsp3) is 0.300. The van der Waals surface area contributed by atoms with Crippen molar-refractivity contribution in [1.29, 1.82) is 0 Å². The van der Waals surface area contributed by atoms with Crippen LogP contribution in [-0.2, 0) is 10.0 Å². The van der Waals surface area contributed by atoms with Crippen molar-refractivity contribution >= 4 is 21.5 Å². The van der Waals surface area contributed by atoms with Crippen LogP contribution in [0.3, 0.4) is 0 Å². The molecule has 7 heteroatoms. The van der Waals surface area contributed by atoms with E-state index in [2.05, 4.69) is 9.88 Å². The molecule has 17 heavy (non-hydrogen) atoms. The van der Waals surface area contributed by atoms with Gasteiger partial charge in [-0.1, -0.05) is 24.2 Å². The molecule has 1 aromatic rings. The molecule has 1 aromatic carbocycles. The molecule has 4 N–H and O–H groups in total. The molecule has 0 saturated heterocycles. The van der Waals surface area contributed by atoms with Gasteiger partial charge in [-0.2, -0.15) is 0 Å². The molecule has 0 unspecified atom stereocenters. The third kappa shape index (κ3) is 3.63. The lowest BCUT2D eigenvalue weighted by Crippen LogP contribution is -2.20. The van der Waals surface area contributed by atoms with E-state index in [0.717, 1.165) is 0 Å². The van der Waals surface area contributed by atoms with Gasteiger partial charge in [0.15, 0.2) is 5.84 Å². The van der Waals surface area contributed by atoms with E-state index in [9.17, 15) is 8.42 Å². The fourth-order valence-corrected chi connectivity index (χ4v) is 2.49. The minimum absolute atomic E-state index is 0.0253. The highest BCUT2D eigenvalue weighted by molar-refractivity contribution is 7.92. The number of rotatable bonds is 5. The Hall–Kier alpha value is -1.76. The van der Waals surface area contributed by atoms with E-state index in [1.54, 1.807) is 31.2 Å². The first-order valence-corrected chi connectivity index (χ1v) is 6.73. The molecule has 1 rings (SSSR count). The predicted octanol–water partition coefficient (Wildman–Crippen LogP) is 0.933. The number of amidine groups is 1. The van der Waals surface area contributed by atoms with E-state index in [0.29, 0.717) is 17.7 Å². The molecule has 0 fully saturated rings. The lowest BCUT2D eigenvalue weighted by Gasteiger charge is -2.10. The van der Waals surface area contributed by atoms with E-state index in [1.165, 1.54) is 0 Å². The summed E-state index contributed by atoms with van der Waals surface area (Å²) in [5.74, 6) is -0.114. The maximum absolute atomic E-state index is 11.6. The fourth-order valence-electron chi connectivity index (χ4n) is 1.34. The highest BCUT2D eigenvalue weighted by atomic mass is 32.2. The summed E-state index contributed by atoms with van der Waals surface area (Å²) in [6.07, 6.45) is 0.515. The normalized spacial score (nSPS) is 12.4. The summed E-state index contributed by atoms with van der Waals surface area (Å²) in [6, 6.07) is 6.46. The van der Waals surface area contributed by atoms with Crippen LogP contribution in [0.2, 0.25) is 0 Å². The second-order valence-electron chi connectivity index (χ2n) is 3.45. The molecule has 0 aliphatic carbocycles. The molecule has 0 aliphatic rings.